The first kappa shape index (κ1) is 17.6. The number of carbonyl (C=O) groups is 1. The maximum Gasteiger partial charge on any atom is 0.313 e. The van der Waals surface area contributed by atoms with Gasteiger partial charge in [-0.1, -0.05) is 40.9 Å². The van der Waals surface area contributed by atoms with E-state index < -0.39 is 28.0 Å². The Morgan fingerprint density at radius 2 is 1.91 bits per heavy atom. The summed E-state index contributed by atoms with van der Waals surface area (Å²) in [5, 5.41) is 18.3. The zero-order chi connectivity index (χ0) is 16.7. The highest BCUT2D eigenvalue weighted by molar-refractivity contribution is 7.90. The molecule has 1 aliphatic rings. The molecule has 0 amide bonds. The van der Waals surface area contributed by atoms with Crippen LogP contribution in [0.25, 0.3) is 0 Å². The number of carboxylic acids is 1. The van der Waals surface area contributed by atoms with Gasteiger partial charge in [0.1, 0.15) is 19.5 Å². The van der Waals surface area contributed by atoms with E-state index in [9.17, 15) is 18.3 Å². The van der Waals surface area contributed by atoms with Gasteiger partial charge in [-0.2, -0.15) is 0 Å². The maximum absolute atomic E-state index is 12.3. The molecule has 0 aromatic carbocycles. The van der Waals surface area contributed by atoms with E-state index in [1.54, 1.807) is 0 Å². The smallest absolute Gasteiger partial charge is 0.313 e. The van der Waals surface area contributed by atoms with Crippen LogP contribution >= 0.6 is 46.1 Å². The summed E-state index contributed by atoms with van der Waals surface area (Å²) in [7, 11) is -4.13. The highest BCUT2D eigenvalue weighted by Crippen LogP contribution is 2.42. The van der Waals surface area contributed by atoms with Crippen LogP contribution < -0.4 is 4.72 Å². The van der Waals surface area contributed by atoms with Crippen LogP contribution in [0.5, 0.6) is 0 Å². The molecule has 22 heavy (non-hydrogen) atoms. The summed E-state index contributed by atoms with van der Waals surface area (Å²) < 4.78 is 26.6. The Labute approximate surface area is 144 Å². The molecule has 0 aliphatic heterocycles. The van der Waals surface area contributed by atoms with Crippen molar-refractivity contribution in [3.63, 3.8) is 0 Å². The number of carboxylic acid groups (broad SMARTS) is 1. The highest BCUT2D eigenvalue weighted by atomic mass is 35.5. The first-order chi connectivity index (χ1) is 10.1. The van der Waals surface area contributed by atoms with E-state index in [4.69, 9.17) is 39.9 Å². The lowest BCUT2D eigenvalue weighted by atomic mass is 9.97. The van der Waals surface area contributed by atoms with E-state index in [0.29, 0.717) is 0 Å². The van der Waals surface area contributed by atoms with Crippen LogP contribution in [0.1, 0.15) is 0 Å². The van der Waals surface area contributed by atoms with Gasteiger partial charge in [0, 0.05) is 5.70 Å². The second kappa shape index (κ2) is 6.38. The minimum Gasteiger partial charge on any atom is -0.481 e. The molecule has 1 aliphatic carbocycles. The zero-order valence-corrected chi connectivity index (χ0v) is 14.4. The van der Waals surface area contributed by atoms with Crippen LogP contribution in [0.3, 0.4) is 0 Å². The number of nitrogens with one attached hydrogen (secondary N) is 1. The molecule has 2 atom stereocenters. The fraction of sp³-hybridized carbons (Fsp3) is 0.182. The molecule has 11 heteroatoms. The number of halogens is 3. The minimum absolute atomic E-state index is 0.000504. The number of thiophene rings is 1. The van der Waals surface area contributed by atoms with Crippen LogP contribution in [-0.2, 0) is 14.8 Å². The Hall–Kier alpha value is -0.770. The van der Waals surface area contributed by atoms with Crippen molar-refractivity contribution in [1.29, 1.82) is 0 Å². The lowest BCUT2D eigenvalue weighted by Gasteiger charge is -2.19. The van der Waals surface area contributed by atoms with E-state index in [0.717, 1.165) is 17.4 Å². The summed E-state index contributed by atoms with van der Waals surface area (Å²) in [5.41, 5.74) is -0.000504. The zero-order valence-electron chi connectivity index (χ0n) is 10.5. The Kier molecular flexibility index (Phi) is 5.10. The SMILES string of the molecule is O=C(O)C1C=CC(NS(=O)(=O)c2c(Cl)sc(Cl)c2Cl)=CC1O. The van der Waals surface area contributed by atoms with E-state index >= 15 is 0 Å². The largest absolute Gasteiger partial charge is 0.481 e. The molecule has 1 aromatic rings. The van der Waals surface area contributed by atoms with Crippen LogP contribution in [0, 0.1) is 5.92 Å². The molecule has 2 unspecified atom stereocenters. The molecule has 1 aromatic heterocycles. The third-order valence-corrected chi connectivity index (χ3v) is 6.73. The summed E-state index contributed by atoms with van der Waals surface area (Å²) in [4.78, 5) is 10.5. The lowest BCUT2D eigenvalue weighted by Crippen LogP contribution is -2.31. The van der Waals surface area contributed by atoms with E-state index in [1.165, 1.54) is 12.2 Å². The molecule has 6 nitrogen and oxygen atoms in total. The molecule has 0 fully saturated rings. The average Bonchev–Trinajstić information content (AvgIpc) is 2.62. The van der Waals surface area contributed by atoms with Gasteiger partial charge in [-0.3, -0.25) is 9.52 Å². The molecular weight excluding hydrogens is 397 g/mol. The number of hydrogen-bond acceptors (Lipinski definition) is 5. The molecule has 0 saturated carbocycles. The first-order valence-electron chi connectivity index (χ1n) is 5.60. The van der Waals surface area contributed by atoms with Crippen LogP contribution in [0.2, 0.25) is 13.7 Å². The second-order valence-electron chi connectivity index (χ2n) is 4.23. The van der Waals surface area contributed by atoms with Crippen LogP contribution in [0.4, 0.5) is 0 Å². The quantitative estimate of drug-likeness (QED) is 0.715. The van der Waals surface area contributed by atoms with Gasteiger partial charge in [0.25, 0.3) is 10.0 Å². The van der Waals surface area contributed by atoms with Gasteiger partial charge in [0.05, 0.1) is 11.1 Å². The molecule has 2 rings (SSSR count). The Bertz CT molecular complexity index is 784. The van der Waals surface area contributed by atoms with Crippen molar-refractivity contribution in [3.8, 4) is 0 Å². The van der Waals surface area contributed by atoms with Gasteiger partial charge in [0.15, 0.2) is 0 Å². The first-order valence-corrected chi connectivity index (χ1v) is 9.04. The average molecular weight is 405 g/mol. The molecule has 120 valence electrons. The number of aliphatic carboxylic acids is 1. The van der Waals surface area contributed by atoms with Crippen molar-refractivity contribution in [2.24, 2.45) is 5.92 Å². The number of allylic oxidation sites excluding steroid dienone is 1. The summed E-state index contributed by atoms with van der Waals surface area (Å²) in [6, 6.07) is 0. The van der Waals surface area contributed by atoms with Gasteiger partial charge in [0.2, 0.25) is 0 Å². The van der Waals surface area contributed by atoms with Crippen molar-refractivity contribution in [3.05, 3.63) is 37.6 Å². The van der Waals surface area contributed by atoms with Gasteiger partial charge in [-0.15, -0.1) is 11.3 Å². The summed E-state index contributed by atoms with van der Waals surface area (Å²) in [6.07, 6.45) is 2.12. The number of sulfonamides is 1. The summed E-state index contributed by atoms with van der Waals surface area (Å²) in [5.74, 6) is -2.37. The number of rotatable bonds is 4. The van der Waals surface area contributed by atoms with Crippen molar-refractivity contribution in [2.75, 3.05) is 0 Å². The number of aliphatic hydroxyl groups excluding tert-OH is 1. The maximum atomic E-state index is 12.3. The van der Waals surface area contributed by atoms with Crippen molar-refractivity contribution in [1.82, 2.24) is 4.72 Å². The Morgan fingerprint density at radius 3 is 2.36 bits per heavy atom. The Balaban J connectivity index is 2.29. The lowest BCUT2D eigenvalue weighted by molar-refractivity contribution is -0.142. The number of hydrogen-bond donors (Lipinski definition) is 3. The Morgan fingerprint density at radius 1 is 1.27 bits per heavy atom. The third kappa shape index (κ3) is 3.42. The standard InChI is InChI=1S/C11H8Cl3NO5S2/c12-7-8(10(14)21-9(7)13)22(19,20)15-4-1-2-5(11(17)18)6(16)3-4/h1-3,5-6,15-16H,(H,17,18). The fourth-order valence-electron chi connectivity index (χ4n) is 1.74. The van der Waals surface area contributed by atoms with Crippen molar-refractivity contribution < 1.29 is 23.4 Å². The van der Waals surface area contributed by atoms with Gasteiger partial charge >= 0.3 is 5.97 Å². The predicted molar refractivity (Wildman–Crippen MR) is 84.0 cm³/mol. The van der Waals surface area contributed by atoms with Crippen LogP contribution in [0.15, 0.2) is 28.8 Å². The van der Waals surface area contributed by atoms with Crippen LogP contribution in [-0.4, -0.2) is 30.7 Å². The molecule has 0 bridgehead atoms. The number of aliphatic hydroxyl groups is 1. The molecular formula is C11H8Cl3NO5S2. The molecule has 0 spiro atoms. The van der Waals surface area contributed by atoms with Crippen molar-refractivity contribution in [2.45, 2.75) is 11.0 Å². The molecule has 0 saturated heterocycles. The molecule has 3 N–H and O–H groups in total. The fourth-order valence-corrected chi connectivity index (χ4v) is 5.65. The third-order valence-electron chi connectivity index (χ3n) is 2.74. The van der Waals surface area contributed by atoms with Gasteiger partial charge in [-0.25, -0.2) is 8.42 Å². The second-order valence-corrected chi connectivity index (χ2v) is 8.46. The van der Waals surface area contributed by atoms with Gasteiger partial charge in [-0.05, 0) is 12.2 Å². The normalized spacial score (nSPS) is 21.5. The monoisotopic (exact) mass is 403 g/mol. The summed E-state index contributed by atoms with van der Waals surface area (Å²) in [6.45, 7) is 0. The topological polar surface area (TPSA) is 104 Å². The predicted octanol–water partition coefficient (Wildman–Crippen LogP) is 2.50. The molecule has 0 radical (unpaired) electrons. The van der Waals surface area contributed by atoms with Crippen molar-refractivity contribution >= 4 is 62.1 Å². The van der Waals surface area contributed by atoms with E-state index in [1.807, 2.05) is 0 Å². The summed E-state index contributed by atoms with van der Waals surface area (Å²) >= 11 is 18.2. The van der Waals surface area contributed by atoms with E-state index in [2.05, 4.69) is 4.72 Å². The molecule has 1 heterocycles. The van der Waals surface area contributed by atoms with Gasteiger partial charge < -0.3 is 10.2 Å². The minimum atomic E-state index is -4.13. The highest BCUT2D eigenvalue weighted by Gasteiger charge is 2.30. The van der Waals surface area contributed by atoms with E-state index in [-0.39, 0.29) is 24.3 Å².